The molecule has 0 atom stereocenters. The number of rotatable bonds is 6. The fourth-order valence-corrected chi connectivity index (χ4v) is 3.68. The Labute approximate surface area is 176 Å². The zero-order valence-corrected chi connectivity index (χ0v) is 17.2. The number of Topliss-reactive ketones (excluding diaryl/α,β-unsaturated/α-hetero) is 2. The normalized spacial score (nSPS) is 18.3. The van der Waals surface area contributed by atoms with E-state index in [0.29, 0.717) is 48.2 Å². The Bertz CT molecular complexity index is 861. The van der Waals surface area contributed by atoms with E-state index in [-0.39, 0.29) is 35.2 Å². The van der Waals surface area contributed by atoms with Gasteiger partial charge in [-0.2, -0.15) is 0 Å². The number of hydrogen-bond donors (Lipinski definition) is 2. The number of carbonyl (C=O) groups is 4. The molecule has 0 saturated heterocycles. The lowest BCUT2D eigenvalue weighted by atomic mass is 9.81. The molecule has 2 aromatic carbocycles. The first-order valence-corrected chi connectivity index (χ1v) is 10.2. The second-order valence-corrected chi connectivity index (χ2v) is 7.79. The molecule has 156 valence electrons. The van der Waals surface area contributed by atoms with Crippen molar-refractivity contribution in [2.45, 2.75) is 39.5 Å². The van der Waals surface area contributed by atoms with Gasteiger partial charge in [-0.05, 0) is 88.1 Å². The van der Waals surface area contributed by atoms with Crippen LogP contribution in [0.3, 0.4) is 0 Å². The predicted octanol–water partition coefficient (Wildman–Crippen LogP) is 4.48. The highest BCUT2D eigenvalue weighted by molar-refractivity contribution is 5.97. The largest absolute Gasteiger partial charge is 0.326 e. The standard InChI is InChI=1S/C24H26N2O4/c1-15(27)17-7-11-21(12-8-17)25-23(29)19-3-5-20(6-4-19)24(30)26-22-13-9-18(10-14-22)16(2)28/h7-14,19-20H,3-6H2,1-2H3,(H,25,29)(H,26,30). The summed E-state index contributed by atoms with van der Waals surface area (Å²) in [5, 5.41) is 5.80. The first-order valence-electron chi connectivity index (χ1n) is 10.2. The van der Waals surface area contributed by atoms with Crippen LogP contribution in [-0.4, -0.2) is 23.4 Å². The van der Waals surface area contributed by atoms with E-state index >= 15 is 0 Å². The van der Waals surface area contributed by atoms with Crippen molar-refractivity contribution < 1.29 is 19.2 Å². The van der Waals surface area contributed by atoms with Gasteiger partial charge in [0.05, 0.1) is 0 Å². The van der Waals surface area contributed by atoms with Gasteiger partial charge in [-0.1, -0.05) is 0 Å². The Morgan fingerprint density at radius 1 is 0.600 bits per heavy atom. The maximum absolute atomic E-state index is 12.5. The summed E-state index contributed by atoms with van der Waals surface area (Å²) in [6.07, 6.45) is 2.61. The van der Waals surface area contributed by atoms with E-state index in [9.17, 15) is 19.2 Å². The van der Waals surface area contributed by atoms with Crippen LogP contribution in [0.2, 0.25) is 0 Å². The summed E-state index contributed by atoms with van der Waals surface area (Å²) >= 11 is 0. The lowest BCUT2D eigenvalue weighted by Crippen LogP contribution is -2.32. The first-order chi connectivity index (χ1) is 14.3. The molecule has 6 nitrogen and oxygen atoms in total. The molecule has 0 aromatic heterocycles. The Balaban J connectivity index is 1.48. The van der Waals surface area contributed by atoms with Crippen LogP contribution < -0.4 is 10.6 Å². The number of amides is 2. The molecule has 30 heavy (non-hydrogen) atoms. The van der Waals surface area contributed by atoms with Crippen LogP contribution in [0.4, 0.5) is 11.4 Å². The fraction of sp³-hybridized carbons (Fsp3) is 0.333. The third-order valence-electron chi connectivity index (χ3n) is 5.59. The van der Waals surface area contributed by atoms with Crippen LogP contribution in [0, 0.1) is 11.8 Å². The molecular formula is C24H26N2O4. The molecule has 0 heterocycles. The van der Waals surface area contributed by atoms with Gasteiger partial charge in [0.1, 0.15) is 0 Å². The van der Waals surface area contributed by atoms with E-state index in [2.05, 4.69) is 10.6 Å². The molecule has 1 saturated carbocycles. The van der Waals surface area contributed by atoms with Gasteiger partial charge in [0.15, 0.2) is 11.6 Å². The quantitative estimate of drug-likeness (QED) is 0.692. The summed E-state index contributed by atoms with van der Waals surface area (Å²) in [6, 6.07) is 13.7. The van der Waals surface area contributed by atoms with Crippen LogP contribution in [0.15, 0.2) is 48.5 Å². The van der Waals surface area contributed by atoms with E-state index in [0.717, 1.165) is 0 Å². The van der Waals surface area contributed by atoms with Gasteiger partial charge in [0.2, 0.25) is 11.8 Å². The predicted molar refractivity (Wildman–Crippen MR) is 116 cm³/mol. The molecule has 0 spiro atoms. The molecule has 0 radical (unpaired) electrons. The molecular weight excluding hydrogens is 380 g/mol. The minimum absolute atomic E-state index is 0.0146. The maximum Gasteiger partial charge on any atom is 0.227 e. The monoisotopic (exact) mass is 406 g/mol. The third-order valence-corrected chi connectivity index (χ3v) is 5.59. The molecule has 1 aliphatic carbocycles. The second kappa shape index (κ2) is 9.48. The van der Waals surface area contributed by atoms with Crippen molar-refractivity contribution in [1.29, 1.82) is 0 Å². The van der Waals surface area contributed by atoms with E-state index in [1.165, 1.54) is 13.8 Å². The van der Waals surface area contributed by atoms with Crippen LogP contribution >= 0.6 is 0 Å². The van der Waals surface area contributed by atoms with Gasteiger partial charge in [0, 0.05) is 34.3 Å². The molecule has 0 unspecified atom stereocenters. The van der Waals surface area contributed by atoms with Gasteiger partial charge < -0.3 is 10.6 Å². The van der Waals surface area contributed by atoms with Crippen LogP contribution in [-0.2, 0) is 9.59 Å². The molecule has 2 amide bonds. The van der Waals surface area contributed by atoms with Crippen molar-refractivity contribution in [3.8, 4) is 0 Å². The van der Waals surface area contributed by atoms with Crippen LogP contribution in [0.25, 0.3) is 0 Å². The fourth-order valence-electron chi connectivity index (χ4n) is 3.68. The summed E-state index contributed by atoms with van der Waals surface area (Å²) in [4.78, 5) is 47.7. The summed E-state index contributed by atoms with van der Waals surface area (Å²) in [6.45, 7) is 3.01. The number of carbonyl (C=O) groups excluding carboxylic acids is 4. The van der Waals surface area contributed by atoms with Gasteiger partial charge >= 0.3 is 0 Å². The van der Waals surface area contributed by atoms with Gasteiger partial charge in [0.25, 0.3) is 0 Å². The van der Waals surface area contributed by atoms with E-state index in [1.54, 1.807) is 48.5 Å². The Morgan fingerprint density at radius 3 is 1.17 bits per heavy atom. The number of benzene rings is 2. The van der Waals surface area contributed by atoms with Gasteiger partial charge in [-0.3, -0.25) is 19.2 Å². The number of nitrogens with one attached hydrogen (secondary N) is 2. The van der Waals surface area contributed by atoms with Crippen molar-refractivity contribution >= 4 is 34.8 Å². The first kappa shape index (κ1) is 21.4. The second-order valence-electron chi connectivity index (χ2n) is 7.79. The molecule has 2 N–H and O–H groups in total. The molecule has 3 rings (SSSR count). The Morgan fingerprint density at radius 2 is 0.900 bits per heavy atom. The Hall–Kier alpha value is -3.28. The third kappa shape index (κ3) is 5.41. The van der Waals surface area contributed by atoms with Gasteiger partial charge in [-0.25, -0.2) is 0 Å². The Kier molecular flexibility index (Phi) is 6.77. The molecule has 6 heteroatoms. The van der Waals surface area contributed by atoms with Crippen molar-refractivity contribution in [2.24, 2.45) is 11.8 Å². The molecule has 0 aliphatic heterocycles. The lowest BCUT2D eigenvalue weighted by molar-refractivity contribution is -0.125. The van der Waals surface area contributed by atoms with Crippen LogP contribution in [0.1, 0.15) is 60.2 Å². The van der Waals surface area contributed by atoms with E-state index in [1.807, 2.05) is 0 Å². The average molecular weight is 406 g/mol. The van der Waals surface area contributed by atoms with E-state index in [4.69, 9.17) is 0 Å². The minimum atomic E-state index is -0.128. The molecule has 1 fully saturated rings. The smallest absolute Gasteiger partial charge is 0.227 e. The van der Waals surface area contributed by atoms with Crippen LogP contribution in [0.5, 0.6) is 0 Å². The highest BCUT2D eigenvalue weighted by Gasteiger charge is 2.30. The topological polar surface area (TPSA) is 92.3 Å². The zero-order valence-electron chi connectivity index (χ0n) is 17.2. The summed E-state index contributed by atoms with van der Waals surface area (Å²) in [5.74, 6) is -0.389. The zero-order chi connectivity index (χ0) is 21.7. The summed E-state index contributed by atoms with van der Waals surface area (Å²) in [5.41, 5.74) is 2.55. The maximum atomic E-state index is 12.5. The highest BCUT2D eigenvalue weighted by Crippen LogP contribution is 2.30. The molecule has 1 aliphatic rings. The lowest BCUT2D eigenvalue weighted by Gasteiger charge is -2.27. The number of ketones is 2. The number of anilines is 2. The van der Waals surface area contributed by atoms with Gasteiger partial charge in [-0.15, -0.1) is 0 Å². The number of hydrogen-bond acceptors (Lipinski definition) is 4. The minimum Gasteiger partial charge on any atom is -0.326 e. The molecule has 2 aromatic rings. The average Bonchev–Trinajstić information content (AvgIpc) is 2.74. The summed E-state index contributed by atoms with van der Waals surface area (Å²) in [7, 11) is 0. The van der Waals surface area contributed by atoms with Crippen molar-refractivity contribution in [1.82, 2.24) is 0 Å². The van der Waals surface area contributed by atoms with Crippen molar-refractivity contribution in [3.63, 3.8) is 0 Å². The van der Waals surface area contributed by atoms with Crippen molar-refractivity contribution in [2.75, 3.05) is 10.6 Å². The summed E-state index contributed by atoms with van der Waals surface area (Å²) < 4.78 is 0. The SMILES string of the molecule is CC(=O)c1ccc(NC(=O)C2CCC(C(=O)Nc3ccc(C(C)=O)cc3)CC2)cc1. The highest BCUT2D eigenvalue weighted by atomic mass is 16.2. The molecule has 0 bridgehead atoms. The van der Waals surface area contributed by atoms with E-state index < -0.39 is 0 Å². The van der Waals surface area contributed by atoms with Crippen molar-refractivity contribution in [3.05, 3.63) is 59.7 Å².